The lowest BCUT2D eigenvalue weighted by molar-refractivity contribution is 0.324. The van der Waals surface area contributed by atoms with Crippen molar-refractivity contribution in [3.63, 3.8) is 0 Å². The third-order valence-electron chi connectivity index (χ3n) is 4.28. The predicted molar refractivity (Wildman–Crippen MR) is 85.8 cm³/mol. The van der Waals surface area contributed by atoms with Gasteiger partial charge in [0.05, 0.1) is 12.1 Å². The molecular formula is C16H23Cl2NO. The minimum absolute atomic E-state index is 0.0483. The average molecular weight is 316 g/mol. The van der Waals surface area contributed by atoms with Gasteiger partial charge in [-0.2, -0.15) is 0 Å². The second-order valence-corrected chi connectivity index (χ2v) is 6.51. The van der Waals surface area contributed by atoms with Gasteiger partial charge in [0.25, 0.3) is 0 Å². The van der Waals surface area contributed by atoms with Gasteiger partial charge in [-0.05, 0) is 30.4 Å². The summed E-state index contributed by atoms with van der Waals surface area (Å²) < 4.78 is 5.16. The number of nitrogens with two attached hydrogens (primary N) is 1. The molecule has 2 nitrogen and oxygen atoms in total. The molecule has 1 fully saturated rings. The van der Waals surface area contributed by atoms with Gasteiger partial charge >= 0.3 is 0 Å². The van der Waals surface area contributed by atoms with E-state index in [4.69, 9.17) is 33.7 Å². The molecule has 1 aromatic carbocycles. The molecule has 4 heteroatoms. The highest BCUT2D eigenvalue weighted by Gasteiger charge is 2.18. The zero-order valence-corrected chi connectivity index (χ0v) is 13.5. The first kappa shape index (κ1) is 15.9. The fourth-order valence-electron chi connectivity index (χ4n) is 3.03. The molecule has 1 aromatic rings. The molecule has 1 unspecified atom stereocenters. The molecule has 1 atom stereocenters. The molecule has 0 amide bonds. The van der Waals surface area contributed by atoms with Crippen molar-refractivity contribution in [3.05, 3.63) is 27.7 Å². The molecule has 2 N–H and O–H groups in total. The lowest BCUT2D eigenvalue weighted by Gasteiger charge is -2.23. The SMILES string of the molecule is COc1cc(Cl)c(C(N)CCC2CCCCC2)cc1Cl. The maximum Gasteiger partial charge on any atom is 0.138 e. The Morgan fingerprint density at radius 3 is 2.55 bits per heavy atom. The Morgan fingerprint density at radius 2 is 1.90 bits per heavy atom. The van der Waals surface area contributed by atoms with Crippen LogP contribution in [0.4, 0.5) is 0 Å². The minimum atomic E-state index is -0.0483. The van der Waals surface area contributed by atoms with Gasteiger partial charge < -0.3 is 10.5 Å². The van der Waals surface area contributed by atoms with Crippen LogP contribution in [0.3, 0.4) is 0 Å². The van der Waals surface area contributed by atoms with Crippen molar-refractivity contribution < 1.29 is 4.74 Å². The lowest BCUT2D eigenvalue weighted by Crippen LogP contribution is -2.14. The molecule has 0 saturated heterocycles. The normalized spacial score (nSPS) is 18.0. The Bertz CT molecular complexity index is 444. The molecular weight excluding hydrogens is 293 g/mol. The smallest absolute Gasteiger partial charge is 0.138 e. The summed E-state index contributed by atoms with van der Waals surface area (Å²) in [5.41, 5.74) is 7.21. The van der Waals surface area contributed by atoms with E-state index in [0.717, 1.165) is 17.9 Å². The Kier molecular flexibility index (Phi) is 6.01. The summed E-state index contributed by atoms with van der Waals surface area (Å²) in [6, 6.07) is 3.54. The molecule has 0 aromatic heterocycles. The largest absolute Gasteiger partial charge is 0.495 e. The van der Waals surface area contributed by atoms with E-state index in [1.165, 1.54) is 38.5 Å². The molecule has 112 valence electrons. The molecule has 0 spiro atoms. The summed E-state index contributed by atoms with van der Waals surface area (Å²) in [6.45, 7) is 0. The summed E-state index contributed by atoms with van der Waals surface area (Å²) in [5.74, 6) is 1.43. The van der Waals surface area contributed by atoms with Crippen LogP contribution in [-0.4, -0.2) is 7.11 Å². The van der Waals surface area contributed by atoms with Crippen LogP contribution in [0.2, 0.25) is 10.0 Å². The summed E-state index contributed by atoms with van der Waals surface area (Å²) in [4.78, 5) is 0. The zero-order chi connectivity index (χ0) is 14.5. The summed E-state index contributed by atoms with van der Waals surface area (Å²) in [5, 5.41) is 1.21. The van der Waals surface area contributed by atoms with Crippen LogP contribution in [-0.2, 0) is 0 Å². The fraction of sp³-hybridized carbons (Fsp3) is 0.625. The minimum Gasteiger partial charge on any atom is -0.495 e. The van der Waals surface area contributed by atoms with E-state index >= 15 is 0 Å². The van der Waals surface area contributed by atoms with Crippen LogP contribution in [0.25, 0.3) is 0 Å². The Morgan fingerprint density at radius 1 is 1.20 bits per heavy atom. The number of halogens is 2. The highest BCUT2D eigenvalue weighted by Crippen LogP contribution is 2.36. The fourth-order valence-corrected chi connectivity index (χ4v) is 3.57. The molecule has 20 heavy (non-hydrogen) atoms. The molecule has 2 rings (SSSR count). The van der Waals surface area contributed by atoms with Crippen molar-refractivity contribution in [1.29, 1.82) is 0 Å². The summed E-state index contributed by atoms with van der Waals surface area (Å²) in [6.07, 6.45) is 8.98. The highest BCUT2D eigenvalue weighted by atomic mass is 35.5. The van der Waals surface area contributed by atoms with E-state index in [2.05, 4.69) is 0 Å². The first-order valence-corrected chi connectivity index (χ1v) is 8.16. The zero-order valence-electron chi connectivity index (χ0n) is 12.0. The molecule has 1 aliphatic carbocycles. The maximum absolute atomic E-state index is 6.29. The molecule has 0 bridgehead atoms. The third-order valence-corrected chi connectivity index (χ3v) is 4.90. The van der Waals surface area contributed by atoms with Gasteiger partial charge in [0, 0.05) is 17.1 Å². The van der Waals surface area contributed by atoms with Crippen LogP contribution in [0.1, 0.15) is 56.6 Å². The van der Waals surface area contributed by atoms with Crippen molar-refractivity contribution in [2.75, 3.05) is 7.11 Å². The third kappa shape index (κ3) is 4.03. The molecule has 0 radical (unpaired) electrons. The van der Waals surface area contributed by atoms with Gasteiger partial charge in [0.1, 0.15) is 5.75 Å². The van der Waals surface area contributed by atoms with Gasteiger partial charge in [0.2, 0.25) is 0 Å². The van der Waals surface area contributed by atoms with E-state index in [0.29, 0.717) is 15.8 Å². The van der Waals surface area contributed by atoms with Gasteiger partial charge in [-0.15, -0.1) is 0 Å². The number of rotatable bonds is 5. The predicted octanol–water partition coefficient (Wildman–Crippen LogP) is 5.36. The van der Waals surface area contributed by atoms with Crippen LogP contribution < -0.4 is 10.5 Å². The topological polar surface area (TPSA) is 35.2 Å². The van der Waals surface area contributed by atoms with E-state index in [1.807, 2.05) is 6.07 Å². The number of methoxy groups -OCH3 is 1. The van der Waals surface area contributed by atoms with Crippen molar-refractivity contribution >= 4 is 23.2 Å². The lowest BCUT2D eigenvalue weighted by atomic mass is 9.84. The molecule has 1 aliphatic rings. The van der Waals surface area contributed by atoms with Crippen molar-refractivity contribution in [2.45, 2.75) is 51.0 Å². The van der Waals surface area contributed by atoms with Gasteiger partial charge in [-0.25, -0.2) is 0 Å². The van der Waals surface area contributed by atoms with E-state index in [9.17, 15) is 0 Å². The quantitative estimate of drug-likeness (QED) is 0.793. The number of hydrogen-bond acceptors (Lipinski definition) is 2. The standard InChI is InChI=1S/C16H23Cl2NO/c1-20-16-10-13(17)12(9-14(16)18)15(19)8-7-11-5-3-2-4-6-11/h9-11,15H,2-8,19H2,1H3. The van der Waals surface area contributed by atoms with Crippen LogP contribution >= 0.6 is 23.2 Å². The van der Waals surface area contributed by atoms with E-state index < -0.39 is 0 Å². The highest BCUT2D eigenvalue weighted by molar-refractivity contribution is 6.34. The van der Waals surface area contributed by atoms with Crippen molar-refractivity contribution in [1.82, 2.24) is 0 Å². The van der Waals surface area contributed by atoms with Gasteiger partial charge in [-0.1, -0.05) is 55.3 Å². The van der Waals surface area contributed by atoms with Crippen LogP contribution in [0, 0.1) is 5.92 Å². The Labute approximate surface area is 131 Å². The summed E-state index contributed by atoms with van der Waals surface area (Å²) >= 11 is 12.4. The second kappa shape index (κ2) is 7.53. The van der Waals surface area contributed by atoms with Crippen LogP contribution in [0.5, 0.6) is 5.75 Å². The first-order valence-electron chi connectivity index (χ1n) is 7.40. The van der Waals surface area contributed by atoms with E-state index in [1.54, 1.807) is 13.2 Å². The molecule has 1 saturated carbocycles. The molecule has 0 aliphatic heterocycles. The number of hydrogen-bond donors (Lipinski definition) is 1. The van der Waals surface area contributed by atoms with Crippen molar-refractivity contribution in [3.8, 4) is 5.75 Å². The maximum atomic E-state index is 6.29. The Balaban J connectivity index is 1.97. The molecule has 0 heterocycles. The van der Waals surface area contributed by atoms with Gasteiger partial charge in [0.15, 0.2) is 0 Å². The first-order chi connectivity index (χ1) is 9.61. The van der Waals surface area contributed by atoms with E-state index in [-0.39, 0.29) is 6.04 Å². The number of benzene rings is 1. The van der Waals surface area contributed by atoms with Crippen molar-refractivity contribution in [2.24, 2.45) is 11.7 Å². The van der Waals surface area contributed by atoms with Crippen LogP contribution in [0.15, 0.2) is 12.1 Å². The van der Waals surface area contributed by atoms with Gasteiger partial charge in [-0.3, -0.25) is 0 Å². The monoisotopic (exact) mass is 315 g/mol. The number of ether oxygens (including phenoxy) is 1. The average Bonchev–Trinajstić information content (AvgIpc) is 2.47. The Hall–Kier alpha value is -0.440. The summed E-state index contributed by atoms with van der Waals surface area (Å²) in [7, 11) is 1.58. The second-order valence-electron chi connectivity index (χ2n) is 5.70.